The van der Waals surface area contributed by atoms with Gasteiger partial charge in [-0.25, -0.2) is 4.79 Å². The number of rotatable bonds is 6. The Bertz CT molecular complexity index is 734. The molecule has 6 nitrogen and oxygen atoms in total. The molecule has 6 heteroatoms. The zero-order chi connectivity index (χ0) is 16.8. The number of para-hydroxylation sites is 2. The van der Waals surface area contributed by atoms with Crippen LogP contribution in [0.3, 0.4) is 0 Å². The summed E-state index contributed by atoms with van der Waals surface area (Å²) in [5.74, 6) is -0.689. The van der Waals surface area contributed by atoms with E-state index >= 15 is 0 Å². The van der Waals surface area contributed by atoms with Crippen molar-refractivity contribution in [3.8, 4) is 5.75 Å². The molecule has 1 atom stereocenters. The zero-order valence-electron chi connectivity index (χ0n) is 12.9. The van der Waals surface area contributed by atoms with E-state index in [0.717, 1.165) is 6.08 Å². The van der Waals surface area contributed by atoms with E-state index in [0.29, 0.717) is 17.1 Å². The number of ether oxygens (including phenoxy) is 1. The average molecular weight is 314 g/mol. The molecule has 0 aliphatic rings. The van der Waals surface area contributed by atoms with Gasteiger partial charge in [0, 0.05) is 18.0 Å². The van der Waals surface area contributed by atoms with Crippen LogP contribution in [0.2, 0.25) is 0 Å². The van der Waals surface area contributed by atoms with E-state index in [1.165, 1.54) is 13.2 Å². The molecule has 0 saturated heterocycles. The number of hydrogen-bond acceptors (Lipinski definition) is 3. The predicted octanol–water partition coefficient (Wildman–Crippen LogP) is 2.79. The molecule has 0 fully saturated rings. The molecule has 1 heterocycles. The molecule has 0 spiro atoms. The Balaban J connectivity index is 2.17. The first-order valence-corrected chi connectivity index (χ1v) is 7.04. The van der Waals surface area contributed by atoms with Crippen LogP contribution in [0.5, 0.6) is 5.75 Å². The van der Waals surface area contributed by atoms with Crippen LogP contribution >= 0.6 is 0 Å². The minimum atomic E-state index is -1.04. The fraction of sp³-hybridized carbons (Fsp3) is 0.176. The number of carbonyl (C=O) groups is 2. The number of amides is 1. The Morgan fingerprint density at radius 2 is 2.00 bits per heavy atom. The molecular formula is C17H18N2O4. The number of hydrogen-bond donors (Lipinski definition) is 2. The second-order valence-corrected chi connectivity index (χ2v) is 4.88. The molecule has 1 aromatic heterocycles. The lowest BCUT2D eigenvalue weighted by atomic mass is 10.2. The van der Waals surface area contributed by atoms with Crippen LogP contribution in [-0.2, 0) is 9.59 Å². The fourth-order valence-corrected chi connectivity index (χ4v) is 2.17. The number of aliphatic carboxylic acids is 1. The third-order valence-corrected chi connectivity index (χ3v) is 3.37. The molecule has 0 aliphatic carbocycles. The predicted molar refractivity (Wildman–Crippen MR) is 87.4 cm³/mol. The summed E-state index contributed by atoms with van der Waals surface area (Å²) in [5, 5.41) is 11.5. The van der Waals surface area contributed by atoms with Gasteiger partial charge in [0.05, 0.1) is 12.8 Å². The molecule has 0 bridgehead atoms. The standard InChI is InChI=1S/C17H18N2O4/c1-12(19-11-5-6-13(19)9-10-16(20)21)17(22)18-14-7-3-4-8-15(14)23-2/h3-12H,1-2H3,(H,18,22)(H,20,21)/b10-9+. The Labute approximate surface area is 134 Å². The van der Waals surface area contributed by atoms with Crippen molar-refractivity contribution in [3.63, 3.8) is 0 Å². The first-order valence-electron chi connectivity index (χ1n) is 7.04. The Morgan fingerprint density at radius 1 is 1.26 bits per heavy atom. The summed E-state index contributed by atoms with van der Waals surface area (Å²) in [6.45, 7) is 1.74. The molecule has 2 aromatic rings. The van der Waals surface area contributed by atoms with Crippen LogP contribution in [0, 0.1) is 0 Å². The topological polar surface area (TPSA) is 80.6 Å². The third-order valence-electron chi connectivity index (χ3n) is 3.37. The quantitative estimate of drug-likeness (QED) is 0.803. The molecule has 2 N–H and O–H groups in total. The molecule has 0 saturated carbocycles. The van der Waals surface area contributed by atoms with Gasteiger partial charge in [0.25, 0.3) is 0 Å². The molecule has 23 heavy (non-hydrogen) atoms. The van der Waals surface area contributed by atoms with Crippen LogP contribution in [0.15, 0.2) is 48.7 Å². The van der Waals surface area contributed by atoms with Crippen LogP contribution in [0.1, 0.15) is 18.7 Å². The van der Waals surface area contributed by atoms with Crippen molar-refractivity contribution in [2.24, 2.45) is 0 Å². The van der Waals surface area contributed by atoms with Crippen molar-refractivity contribution in [2.45, 2.75) is 13.0 Å². The number of carbonyl (C=O) groups excluding carboxylic acids is 1. The Hall–Kier alpha value is -3.02. The van der Waals surface area contributed by atoms with E-state index in [1.807, 2.05) is 6.07 Å². The second-order valence-electron chi connectivity index (χ2n) is 4.88. The van der Waals surface area contributed by atoms with E-state index in [1.54, 1.807) is 48.0 Å². The summed E-state index contributed by atoms with van der Waals surface area (Å²) in [6, 6.07) is 10.1. The van der Waals surface area contributed by atoms with Gasteiger partial charge in [-0.05, 0) is 37.3 Å². The summed E-state index contributed by atoms with van der Waals surface area (Å²) in [4.78, 5) is 23.1. The molecule has 0 aliphatic heterocycles. The SMILES string of the molecule is COc1ccccc1NC(=O)C(C)n1cccc1/C=C/C(=O)O. The van der Waals surface area contributed by atoms with Gasteiger partial charge in [-0.15, -0.1) is 0 Å². The highest BCUT2D eigenvalue weighted by molar-refractivity contribution is 5.95. The lowest BCUT2D eigenvalue weighted by Crippen LogP contribution is -2.24. The maximum Gasteiger partial charge on any atom is 0.328 e. The summed E-state index contributed by atoms with van der Waals surface area (Å²) >= 11 is 0. The number of nitrogens with one attached hydrogen (secondary N) is 1. The van der Waals surface area contributed by atoms with Gasteiger partial charge in [0.15, 0.2) is 0 Å². The van der Waals surface area contributed by atoms with Crippen molar-refractivity contribution >= 4 is 23.6 Å². The van der Waals surface area contributed by atoms with Gasteiger partial charge in [-0.3, -0.25) is 4.79 Å². The number of methoxy groups -OCH3 is 1. The van der Waals surface area contributed by atoms with Gasteiger partial charge in [0.1, 0.15) is 11.8 Å². The van der Waals surface area contributed by atoms with Crippen molar-refractivity contribution in [3.05, 3.63) is 54.4 Å². The highest BCUT2D eigenvalue weighted by Crippen LogP contribution is 2.24. The van der Waals surface area contributed by atoms with Gasteiger partial charge in [0.2, 0.25) is 5.91 Å². The highest BCUT2D eigenvalue weighted by atomic mass is 16.5. The molecule has 1 unspecified atom stereocenters. The number of carboxylic acid groups (broad SMARTS) is 1. The number of anilines is 1. The summed E-state index contributed by atoms with van der Waals surface area (Å²) in [5.41, 5.74) is 1.22. The summed E-state index contributed by atoms with van der Waals surface area (Å²) in [6.07, 6.45) is 4.22. The van der Waals surface area contributed by atoms with E-state index in [2.05, 4.69) is 5.32 Å². The molecule has 1 amide bonds. The van der Waals surface area contributed by atoms with E-state index < -0.39 is 12.0 Å². The lowest BCUT2D eigenvalue weighted by Gasteiger charge is -2.17. The molecule has 1 aromatic carbocycles. The molecular weight excluding hydrogens is 296 g/mol. The van der Waals surface area contributed by atoms with Gasteiger partial charge in [-0.1, -0.05) is 12.1 Å². The highest BCUT2D eigenvalue weighted by Gasteiger charge is 2.17. The smallest absolute Gasteiger partial charge is 0.328 e. The van der Waals surface area contributed by atoms with Crippen molar-refractivity contribution in [1.29, 1.82) is 0 Å². The normalized spacial score (nSPS) is 12.1. The van der Waals surface area contributed by atoms with Crippen molar-refractivity contribution < 1.29 is 19.4 Å². The minimum absolute atomic E-state index is 0.226. The Kier molecular flexibility index (Phi) is 5.19. The summed E-state index contributed by atoms with van der Waals surface area (Å²) in [7, 11) is 1.54. The molecule has 2 rings (SSSR count). The third kappa shape index (κ3) is 4.00. The zero-order valence-corrected chi connectivity index (χ0v) is 12.9. The van der Waals surface area contributed by atoms with Crippen LogP contribution in [0.4, 0.5) is 5.69 Å². The van der Waals surface area contributed by atoms with E-state index in [4.69, 9.17) is 9.84 Å². The van der Waals surface area contributed by atoms with Crippen LogP contribution in [-0.4, -0.2) is 28.7 Å². The minimum Gasteiger partial charge on any atom is -0.495 e. The van der Waals surface area contributed by atoms with Gasteiger partial charge >= 0.3 is 5.97 Å². The van der Waals surface area contributed by atoms with Crippen molar-refractivity contribution in [1.82, 2.24) is 4.57 Å². The fourth-order valence-electron chi connectivity index (χ4n) is 2.17. The molecule has 120 valence electrons. The first kappa shape index (κ1) is 16.4. The monoisotopic (exact) mass is 314 g/mol. The maximum absolute atomic E-state index is 12.4. The number of benzene rings is 1. The number of aromatic nitrogens is 1. The number of nitrogens with zero attached hydrogens (tertiary/aromatic N) is 1. The summed E-state index contributed by atoms with van der Waals surface area (Å²) < 4.78 is 6.91. The van der Waals surface area contributed by atoms with Gasteiger partial charge < -0.3 is 19.7 Å². The average Bonchev–Trinajstić information content (AvgIpc) is 3.01. The maximum atomic E-state index is 12.4. The second kappa shape index (κ2) is 7.31. The number of carboxylic acids is 1. The van der Waals surface area contributed by atoms with Crippen LogP contribution < -0.4 is 10.1 Å². The molecule has 0 radical (unpaired) electrons. The first-order chi connectivity index (χ1) is 11.0. The largest absolute Gasteiger partial charge is 0.495 e. The van der Waals surface area contributed by atoms with Gasteiger partial charge in [-0.2, -0.15) is 0 Å². The van der Waals surface area contributed by atoms with Crippen LogP contribution in [0.25, 0.3) is 6.08 Å². The van der Waals surface area contributed by atoms with E-state index in [-0.39, 0.29) is 5.91 Å². The Morgan fingerprint density at radius 3 is 2.70 bits per heavy atom. The van der Waals surface area contributed by atoms with Crippen molar-refractivity contribution in [2.75, 3.05) is 12.4 Å². The lowest BCUT2D eigenvalue weighted by molar-refractivity contribution is -0.131. The van der Waals surface area contributed by atoms with E-state index in [9.17, 15) is 9.59 Å².